The standard InChI is InChI=1S/C13H14ClFN2O/c1-8-5-6-13(18-8)12(17-16)7-9-10(14)3-2-4-11(9)15/h2-6,12,17H,7,16H2,1H3. The number of nitrogens with two attached hydrogens (primary N) is 1. The summed E-state index contributed by atoms with van der Waals surface area (Å²) in [6.07, 6.45) is 0.328. The Morgan fingerprint density at radius 3 is 2.72 bits per heavy atom. The van der Waals surface area contributed by atoms with Crippen LogP contribution in [0.5, 0.6) is 0 Å². The zero-order valence-electron chi connectivity index (χ0n) is 9.91. The van der Waals surface area contributed by atoms with E-state index in [1.807, 2.05) is 19.1 Å². The summed E-state index contributed by atoms with van der Waals surface area (Å²) in [4.78, 5) is 0. The van der Waals surface area contributed by atoms with Crippen LogP contribution in [0.4, 0.5) is 4.39 Å². The first-order chi connectivity index (χ1) is 8.61. The lowest BCUT2D eigenvalue weighted by molar-refractivity contribution is 0.400. The Kier molecular flexibility index (Phi) is 4.01. The first kappa shape index (κ1) is 13.1. The average Bonchev–Trinajstić information content (AvgIpc) is 2.76. The second-order valence-corrected chi connectivity index (χ2v) is 4.48. The zero-order valence-corrected chi connectivity index (χ0v) is 10.7. The van der Waals surface area contributed by atoms with Gasteiger partial charge in [0, 0.05) is 17.0 Å². The highest BCUT2D eigenvalue weighted by atomic mass is 35.5. The van der Waals surface area contributed by atoms with E-state index in [1.165, 1.54) is 6.07 Å². The van der Waals surface area contributed by atoms with Gasteiger partial charge < -0.3 is 4.42 Å². The van der Waals surface area contributed by atoms with Gasteiger partial charge in [0.1, 0.15) is 17.3 Å². The quantitative estimate of drug-likeness (QED) is 0.662. The molecule has 2 rings (SSSR count). The van der Waals surface area contributed by atoms with Crippen LogP contribution in [0.3, 0.4) is 0 Å². The number of halogens is 2. The van der Waals surface area contributed by atoms with E-state index in [4.69, 9.17) is 21.9 Å². The molecular formula is C13H14ClFN2O. The Morgan fingerprint density at radius 2 is 2.17 bits per heavy atom. The molecule has 5 heteroatoms. The van der Waals surface area contributed by atoms with Crippen molar-refractivity contribution in [2.45, 2.75) is 19.4 Å². The van der Waals surface area contributed by atoms with Gasteiger partial charge in [0.05, 0.1) is 6.04 Å². The molecule has 3 N–H and O–H groups in total. The Bertz CT molecular complexity index is 521. The van der Waals surface area contributed by atoms with Gasteiger partial charge in [-0.1, -0.05) is 17.7 Å². The van der Waals surface area contributed by atoms with E-state index in [9.17, 15) is 4.39 Å². The molecular weight excluding hydrogens is 255 g/mol. The highest BCUT2D eigenvalue weighted by molar-refractivity contribution is 6.31. The van der Waals surface area contributed by atoms with Gasteiger partial charge in [0.2, 0.25) is 0 Å². The smallest absolute Gasteiger partial charge is 0.127 e. The van der Waals surface area contributed by atoms with E-state index >= 15 is 0 Å². The number of nitrogens with one attached hydrogen (secondary N) is 1. The Labute approximate surface area is 110 Å². The summed E-state index contributed by atoms with van der Waals surface area (Å²) < 4.78 is 19.2. The molecule has 0 aliphatic carbocycles. The normalized spacial score (nSPS) is 12.7. The molecule has 1 aromatic heterocycles. The minimum absolute atomic E-state index is 0.312. The van der Waals surface area contributed by atoms with Crippen molar-refractivity contribution >= 4 is 11.6 Å². The fourth-order valence-corrected chi connectivity index (χ4v) is 2.05. The maximum absolute atomic E-state index is 13.7. The van der Waals surface area contributed by atoms with Crippen LogP contribution < -0.4 is 11.3 Å². The van der Waals surface area contributed by atoms with E-state index in [-0.39, 0.29) is 11.9 Å². The summed E-state index contributed by atoms with van der Waals surface area (Å²) in [5.74, 6) is 6.59. The molecule has 0 aliphatic rings. The molecule has 1 atom stereocenters. The number of hydrogen-bond acceptors (Lipinski definition) is 3. The highest BCUT2D eigenvalue weighted by Gasteiger charge is 2.18. The van der Waals surface area contributed by atoms with Gasteiger partial charge in [0.15, 0.2) is 0 Å². The number of hydrogen-bond donors (Lipinski definition) is 2. The van der Waals surface area contributed by atoms with Crippen LogP contribution in [0.1, 0.15) is 23.1 Å². The van der Waals surface area contributed by atoms with E-state index in [2.05, 4.69) is 5.43 Å². The number of benzene rings is 1. The van der Waals surface area contributed by atoms with Gasteiger partial charge in [-0.2, -0.15) is 0 Å². The molecule has 0 aliphatic heterocycles. The summed E-state index contributed by atoms with van der Waals surface area (Å²) in [6.45, 7) is 1.84. The van der Waals surface area contributed by atoms with Crippen molar-refractivity contribution in [3.05, 3.63) is 58.3 Å². The van der Waals surface area contributed by atoms with Crippen LogP contribution in [-0.4, -0.2) is 0 Å². The second kappa shape index (κ2) is 5.52. The fourth-order valence-electron chi connectivity index (χ4n) is 1.81. The zero-order chi connectivity index (χ0) is 13.1. The highest BCUT2D eigenvalue weighted by Crippen LogP contribution is 2.26. The molecule has 18 heavy (non-hydrogen) atoms. The van der Waals surface area contributed by atoms with E-state index in [1.54, 1.807) is 12.1 Å². The SMILES string of the molecule is Cc1ccc(C(Cc2c(F)cccc2Cl)NN)o1. The monoisotopic (exact) mass is 268 g/mol. The largest absolute Gasteiger partial charge is 0.465 e. The summed E-state index contributed by atoms with van der Waals surface area (Å²) in [5, 5.41) is 0.388. The van der Waals surface area contributed by atoms with Crippen LogP contribution in [0.15, 0.2) is 34.7 Å². The summed E-state index contributed by atoms with van der Waals surface area (Å²) >= 11 is 5.98. The Morgan fingerprint density at radius 1 is 1.39 bits per heavy atom. The molecule has 0 fully saturated rings. The van der Waals surface area contributed by atoms with E-state index < -0.39 is 0 Å². The molecule has 1 aromatic carbocycles. The molecule has 0 spiro atoms. The first-order valence-corrected chi connectivity index (χ1v) is 5.95. The van der Waals surface area contributed by atoms with Crippen molar-refractivity contribution in [2.24, 2.45) is 5.84 Å². The van der Waals surface area contributed by atoms with Crippen molar-refractivity contribution in [1.82, 2.24) is 5.43 Å². The summed E-state index contributed by atoms with van der Waals surface area (Å²) in [6, 6.07) is 7.94. The fraction of sp³-hybridized carbons (Fsp3) is 0.231. The van der Waals surface area contributed by atoms with Crippen LogP contribution in [-0.2, 0) is 6.42 Å². The van der Waals surface area contributed by atoms with E-state index in [0.717, 1.165) is 5.76 Å². The maximum atomic E-state index is 13.7. The van der Waals surface area contributed by atoms with Crippen molar-refractivity contribution in [1.29, 1.82) is 0 Å². The average molecular weight is 269 g/mol. The van der Waals surface area contributed by atoms with Crippen LogP contribution >= 0.6 is 11.6 Å². The van der Waals surface area contributed by atoms with Gasteiger partial charge in [-0.05, 0) is 31.2 Å². The van der Waals surface area contributed by atoms with Crippen molar-refractivity contribution in [2.75, 3.05) is 0 Å². The molecule has 1 unspecified atom stereocenters. The third kappa shape index (κ3) is 2.72. The predicted molar refractivity (Wildman–Crippen MR) is 68.6 cm³/mol. The topological polar surface area (TPSA) is 51.2 Å². The van der Waals surface area contributed by atoms with Gasteiger partial charge in [-0.25, -0.2) is 9.82 Å². The van der Waals surface area contributed by atoms with Crippen molar-refractivity contribution in [3.8, 4) is 0 Å². The van der Waals surface area contributed by atoms with Gasteiger partial charge in [-0.3, -0.25) is 5.84 Å². The van der Waals surface area contributed by atoms with Crippen molar-refractivity contribution in [3.63, 3.8) is 0 Å². The number of furan rings is 1. The molecule has 96 valence electrons. The molecule has 0 saturated carbocycles. The minimum Gasteiger partial charge on any atom is -0.465 e. The third-order valence-electron chi connectivity index (χ3n) is 2.78. The lowest BCUT2D eigenvalue weighted by Gasteiger charge is -2.14. The van der Waals surface area contributed by atoms with Gasteiger partial charge in [-0.15, -0.1) is 0 Å². The predicted octanol–water partition coefficient (Wildman–Crippen LogP) is 3.13. The lowest BCUT2D eigenvalue weighted by Crippen LogP contribution is -2.29. The Balaban J connectivity index is 2.26. The first-order valence-electron chi connectivity index (χ1n) is 5.57. The molecule has 0 amide bonds. The Hall–Kier alpha value is -1.36. The van der Waals surface area contributed by atoms with Gasteiger partial charge >= 0.3 is 0 Å². The molecule has 0 bridgehead atoms. The molecule has 1 heterocycles. The van der Waals surface area contributed by atoms with E-state index in [0.29, 0.717) is 22.8 Å². The summed E-state index contributed by atoms with van der Waals surface area (Å²) in [7, 11) is 0. The van der Waals surface area contributed by atoms with Crippen molar-refractivity contribution < 1.29 is 8.81 Å². The van der Waals surface area contributed by atoms with Crippen LogP contribution in [0.25, 0.3) is 0 Å². The maximum Gasteiger partial charge on any atom is 0.127 e. The molecule has 0 radical (unpaired) electrons. The third-order valence-corrected chi connectivity index (χ3v) is 3.13. The lowest BCUT2D eigenvalue weighted by atomic mass is 10.0. The molecule has 0 saturated heterocycles. The number of rotatable bonds is 4. The minimum atomic E-state index is -0.342. The number of hydrazine groups is 1. The van der Waals surface area contributed by atoms with Gasteiger partial charge in [0.25, 0.3) is 0 Å². The van der Waals surface area contributed by atoms with Crippen LogP contribution in [0.2, 0.25) is 5.02 Å². The van der Waals surface area contributed by atoms with Crippen LogP contribution in [0, 0.1) is 12.7 Å². The molecule has 3 nitrogen and oxygen atoms in total. The number of aryl methyl sites for hydroxylation is 1. The molecule has 2 aromatic rings. The second-order valence-electron chi connectivity index (χ2n) is 4.07. The summed E-state index contributed by atoms with van der Waals surface area (Å²) in [5.41, 5.74) is 3.04.